The summed E-state index contributed by atoms with van der Waals surface area (Å²) in [4.78, 5) is 6.84. The average molecular weight is 476 g/mol. The van der Waals surface area contributed by atoms with Gasteiger partial charge in [-0.3, -0.25) is 4.90 Å². The van der Waals surface area contributed by atoms with Gasteiger partial charge >= 0.3 is 0 Å². The summed E-state index contributed by atoms with van der Waals surface area (Å²) >= 11 is 0. The van der Waals surface area contributed by atoms with Gasteiger partial charge < -0.3 is 20.5 Å². The largest absolute Gasteiger partial charge is 0.489 e. The molecule has 1 aromatic carbocycles. The van der Waals surface area contributed by atoms with Gasteiger partial charge in [-0.2, -0.15) is 0 Å². The smallest absolute Gasteiger partial charge is 0.188 e. The Bertz CT molecular complexity index is 536. The minimum atomic E-state index is 0. The van der Waals surface area contributed by atoms with Gasteiger partial charge in [-0.05, 0) is 44.0 Å². The zero-order chi connectivity index (χ0) is 17.9. The first-order valence-electron chi connectivity index (χ1n) is 9.24. The maximum atomic E-state index is 5.99. The summed E-state index contributed by atoms with van der Waals surface area (Å²) in [5, 5.41) is 3.19. The van der Waals surface area contributed by atoms with E-state index < -0.39 is 0 Å². The van der Waals surface area contributed by atoms with Gasteiger partial charge in [0.15, 0.2) is 5.96 Å². The van der Waals surface area contributed by atoms with E-state index >= 15 is 0 Å². The summed E-state index contributed by atoms with van der Waals surface area (Å²) in [6, 6.07) is 8.09. The Hall–Kier alpha value is -1.06. The molecule has 0 amide bonds. The van der Waals surface area contributed by atoms with E-state index in [9.17, 15) is 0 Å². The zero-order valence-electron chi connectivity index (χ0n) is 15.9. The molecule has 1 saturated heterocycles. The number of nitrogens with zero attached hydrogens (tertiary/aromatic N) is 2. The highest BCUT2D eigenvalue weighted by Gasteiger charge is 2.10. The number of aryl methyl sites for hydroxylation is 1. The molecule has 0 aliphatic carbocycles. The van der Waals surface area contributed by atoms with Crippen LogP contribution in [0.2, 0.25) is 0 Å². The van der Waals surface area contributed by atoms with Gasteiger partial charge in [-0.25, -0.2) is 4.99 Å². The SMILES string of the molecule is CCC(CN=C(N)NCCCN1CCOCC1)Oc1cccc(C)c1.I. The van der Waals surface area contributed by atoms with Crippen LogP contribution in [-0.4, -0.2) is 62.9 Å². The molecule has 1 fully saturated rings. The maximum absolute atomic E-state index is 5.99. The van der Waals surface area contributed by atoms with E-state index in [1.807, 2.05) is 18.2 Å². The third-order valence-corrected chi connectivity index (χ3v) is 4.27. The van der Waals surface area contributed by atoms with Crippen LogP contribution < -0.4 is 15.8 Å². The molecule has 0 aromatic heterocycles. The van der Waals surface area contributed by atoms with E-state index in [-0.39, 0.29) is 30.1 Å². The molecule has 0 bridgehead atoms. The summed E-state index contributed by atoms with van der Waals surface area (Å²) in [7, 11) is 0. The molecule has 148 valence electrons. The van der Waals surface area contributed by atoms with Crippen molar-refractivity contribution in [1.29, 1.82) is 0 Å². The van der Waals surface area contributed by atoms with Crippen molar-refractivity contribution in [3.63, 3.8) is 0 Å². The molecule has 1 heterocycles. The van der Waals surface area contributed by atoms with Crippen LogP contribution >= 0.6 is 24.0 Å². The third kappa shape index (κ3) is 9.05. The molecular weight excluding hydrogens is 443 g/mol. The predicted octanol–water partition coefficient (Wildman–Crippen LogP) is 2.40. The molecule has 1 aromatic rings. The van der Waals surface area contributed by atoms with E-state index in [1.54, 1.807) is 0 Å². The first kappa shape index (κ1) is 23.0. The fraction of sp³-hybridized carbons (Fsp3) is 0.632. The number of hydrogen-bond acceptors (Lipinski definition) is 4. The van der Waals surface area contributed by atoms with Gasteiger partial charge in [0.25, 0.3) is 0 Å². The van der Waals surface area contributed by atoms with Crippen molar-refractivity contribution < 1.29 is 9.47 Å². The van der Waals surface area contributed by atoms with Gasteiger partial charge in [-0.15, -0.1) is 24.0 Å². The van der Waals surface area contributed by atoms with Crippen molar-refractivity contribution in [2.45, 2.75) is 32.8 Å². The number of benzene rings is 1. The number of rotatable bonds is 9. The molecule has 3 N–H and O–H groups in total. The molecule has 1 aliphatic heterocycles. The minimum Gasteiger partial charge on any atom is -0.489 e. The van der Waals surface area contributed by atoms with Crippen LogP contribution in [0.3, 0.4) is 0 Å². The number of halogens is 1. The normalized spacial score (nSPS) is 16.6. The minimum absolute atomic E-state index is 0. The molecule has 2 rings (SSSR count). The Morgan fingerprint density at radius 3 is 2.85 bits per heavy atom. The van der Waals surface area contributed by atoms with E-state index in [1.165, 1.54) is 5.56 Å². The van der Waals surface area contributed by atoms with E-state index in [0.717, 1.165) is 58.0 Å². The van der Waals surface area contributed by atoms with E-state index in [4.69, 9.17) is 15.2 Å². The fourth-order valence-corrected chi connectivity index (χ4v) is 2.73. The zero-order valence-corrected chi connectivity index (χ0v) is 18.3. The number of nitrogens with two attached hydrogens (primary N) is 1. The van der Waals surface area contributed by atoms with Crippen molar-refractivity contribution in [1.82, 2.24) is 10.2 Å². The molecule has 7 heteroatoms. The Morgan fingerprint density at radius 1 is 1.38 bits per heavy atom. The van der Waals surface area contributed by atoms with Crippen molar-refractivity contribution in [3.05, 3.63) is 29.8 Å². The lowest BCUT2D eigenvalue weighted by Crippen LogP contribution is -2.39. The van der Waals surface area contributed by atoms with Gasteiger partial charge in [0.2, 0.25) is 0 Å². The summed E-state index contributed by atoms with van der Waals surface area (Å²) in [6.45, 7) is 10.4. The summed E-state index contributed by atoms with van der Waals surface area (Å²) in [6.07, 6.45) is 1.98. The molecular formula is C19H33IN4O2. The standard InChI is InChI=1S/C19H32N4O2.HI/c1-3-17(25-18-7-4-6-16(2)14-18)15-22-19(20)21-8-5-9-23-10-12-24-13-11-23;/h4,6-7,14,17H,3,5,8-13,15H2,1-2H3,(H3,20,21,22);1H. The topological polar surface area (TPSA) is 72.1 Å². The van der Waals surface area contributed by atoms with Crippen LogP contribution in [0.15, 0.2) is 29.3 Å². The van der Waals surface area contributed by atoms with Crippen molar-refractivity contribution in [2.75, 3.05) is 45.9 Å². The van der Waals surface area contributed by atoms with Gasteiger partial charge in [0.1, 0.15) is 11.9 Å². The van der Waals surface area contributed by atoms with Gasteiger partial charge in [0, 0.05) is 19.6 Å². The fourth-order valence-electron chi connectivity index (χ4n) is 2.73. The summed E-state index contributed by atoms with van der Waals surface area (Å²) < 4.78 is 11.3. The molecule has 1 unspecified atom stereocenters. The lowest BCUT2D eigenvalue weighted by Gasteiger charge is -2.26. The second-order valence-corrected chi connectivity index (χ2v) is 6.42. The molecule has 26 heavy (non-hydrogen) atoms. The quantitative estimate of drug-likeness (QED) is 0.248. The predicted molar refractivity (Wildman–Crippen MR) is 118 cm³/mol. The Balaban J connectivity index is 0.00000338. The van der Waals surface area contributed by atoms with Crippen LogP contribution in [0, 0.1) is 6.92 Å². The first-order chi connectivity index (χ1) is 12.2. The lowest BCUT2D eigenvalue weighted by molar-refractivity contribution is 0.0376. The second kappa shape index (κ2) is 13.2. The maximum Gasteiger partial charge on any atom is 0.188 e. The molecule has 1 aliphatic rings. The molecule has 6 nitrogen and oxygen atoms in total. The van der Waals surface area contributed by atoms with Crippen molar-refractivity contribution >= 4 is 29.9 Å². The number of guanidine groups is 1. The van der Waals surface area contributed by atoms with Crippen LogP contribution in [-0.2, 0) is 4.74 Å². The average Bonchev–Trinajstić information content (AvgIpc) is 2.63. The number of aliphatic imine (C=N–C) groups is 1. The van der Waals surface area contributed by atoms with Crippen LogP contribution in [0.4, 0.5) is 0 Å². The summed E-state index contributed by atoms with van der Waals surface area (Å²) in [5.74, 6) is 1.38. The van der Waals surface area contributed by atoms with Gasteiger partial charge in [-0.1, -0.05) is 19.1 Å². The first-order valence-corrected chi connectivity index (χ1v) is 9.24. The highest BCUT2D eigenvalue weighted by Crippen LogP contribution is 2.15. The van der Waals surface area contributed by atoms with E-state index in [2.05, 4.69) is 35.1 Å². The molecule has 0 radical (unpaired) electrons. The van der Waals surface area contributed by atoms with Gasteiger partial charge in [0.05, 0.1) is 19.8 Å². The van der Waals surface area contributed by atoms with Crippen LogP contribution in [0.25, 0.3) is 0 Å². The van der Waals surface area contributed by atoms with Crippen molar-refractivity contribution in [2.24, 2.45) is 10.7 Å². The number of morpholine rings is 1. The van der Waals surface area contributed by atoms with Crippen LogP contribution in [0.5, 0.6) is 5.75 Å². The second-order valence-electron chi connectivity index (χ2n) is 6.42. The Labute approximate surface area is 174 Å². The van der Waals surface area contributed by atoms with E-state index in [0.29, 0.717) is 12.5 Å². The number of hydrogen-bond donors (Lipinski definition) is 2. The number of nitrogens with one attached hydrogen (secondary N) is 1. The molecule has 0 saturated carbocycles. The van der Waals surface area contributed by atoms with Crippen molar-refractivity contribution in [3.8, 4) is 5.75 Å². The monoisotopic (exact) mass is 476 g/mol. The lowest BCUT2D eigenvalue weighted by atomic mass is 10.2. The Morgan fingerprint density at radius 2 is 2.15 bits per heavy atom. The number of ether oxygens (including phenoxy) is 2. The molecule has 0 spiro atoms. The third-order valence-electron chi connectivity index (χ3n) is 4.27. The molecule has 1 atom stereocenters. The summed E-state index contributed by atoms with van der Waals surface area (Å²) in [5.41, 5.74) is 7.16. The van der Waals surface area contributed by atoms with Crippen LogP contribution in [0.1, 0.15) is 25.3 Å². The highest BCUT2D eigenvalue weighted by molar-refractivity contribution is 14.0. The highest BCUT2D eigenvalue weighted by atomic mass is 127. The Kier molecular flexibility index (Phi) is 11.6.